The van der Waals surface area contributed by atoms with Gasteiger partial charge in [0.15, 0.2) is 10.5 Å². The highest BCUT2D eigenvalue weighted by molar-refractivity contribution is 7.16. The van der Waals surface area contributed by atoms with Crippen molar-refractivity contribution in [2.45, 2.75) is 27.3 Å². The van der Waals surface area contributed by atoms with Crippen LogP contribution in [0.5, 0.6) is 5.75 Å². The van der Waals surface area contributed by atoms with Crippen LogP contribution in [-0.2, 0) is 13.6 Å². The number of amides is 1. The van der Waals surface area contributed by atoms with Crippen molar-refractivity contribution in [1.82, 2.24) is 14.3 Å². The summed E-state index contributed by atoms with van der Waals surface area (Å²) in [6.07, 6.45) is 0. The van der Waals surface area contributed by atoms with E-state index in [-0.39, 0.29) is 5.91 Å². The van der Waals surface area contributed by atoms with Gasteiger partial charge in [-0.3, -0.25) is 9.48 Å². The van der Waals surface area contributed by atoms with Gasteiger partial charge in [-0.15, -0.1) is 0 Å². The number of aryl methyl sites for hydroxylation is 4. The van der Waals surface area contributed by atoms with Gasteiger partial charge in [-0.2, -0.15) is 10.1 Å². The lowest BCUT2D eigenvalue weighted by atomic mass is 10.2. The molecule has 0 fully saturated rings. The molecule has 0 unspecified atom stereocenters. The van der Waals surface area contributed by atoms with E-state index in [9.17, 15) is 4.79 Å². The molecule has 0 aliphatic carbocycles. The zero-order chi connectivity index (χ0) is 17.4. The van der Waals surface area contributed by atoms with Gasteiger partial charge in [0.25, 0.3) is 5.91 Å². The summed E-state index contributed by atoms with van der Waals surface area (Å²) in [6.45, 7) is 6.69. The Morgan fingerprint density at radius 2 is 2.12 bits per heavy atom. The lowest BCUT2D eigenvalue weighted by Gasteiger charge is -2.05. The largest absolute Gasteiger partial charge is 0.495 e. The van der Waals surface area contributed by atoms with Gasteiger partial charge < -0.3 is 9.30 Å². The van der Waals surface area contributed by atoms with Crippen molar-refractivity contribution >= 4 is 27.5 Å². The molecule has 1 aromatic carbocycles. The third kappa shape index (κ3) is 2.65. The van der Waals surface area contributed by atoms with Crippen molar-refractivity contribution < 1.29 is 9.53 Å². The van der Waals surface area contributed by atoms with E-state index < -0.39 is 0 Å². The molecule has 0 spiro atoms. The van der Waals surface area contributed by atoms with E-state index in [0.29, 0.717) is 10.5 Å². The number of hydrogen-bond donors (Lipinski definition) is 0. The molecule has 0 saturated heterocycles. The minimum absolute atomic E-state index is 0.330. The molecule has 2 heterocycles. The van der Waals surface area contributed by atoms with Crippen molar-refractivity contribution in [3.63, 3.8) is 0 Å². The summed E-state index contributed by atoms with van der Waals surface area (Å²) in [5.74, 6) is 0.443. The lowest BCUT2D eigenvalue weighted by Crippen LogP contribution is -2.14. The molecule has 0 radical (unpaired) electrons. The molecule has 7 heteroatoms. The predicted octanol–water partition coefficient (Wildman–Crippen LogP) is 2.82. The molecule has 0 aliphatic heterocycles. The highest BCUT2D eigenvalue weighted by atomic mass is 32.1. The Balaban J connectivity index is 2.14. The highest BCUT2D eigenvalue weighted by Crippen LogP contribution is 2.29. The number of methoxy groups -OCH3 is 1. The maximum absolute atomic E-state index is 12.5. The number of thiazole rings is 1. The van der Waals surface area contributed by atoms with Crippen LogP contribution in [0, 0.1) is 13.8 Å². The molecule has 3 aromatic rings. The average Bonchev–Trinajstić information content (AvgIpc) is 3.10. The molecule has 1 amide bonds. The van der Waals surface area contributed by atoms with Crippen molar-refractivity contribution in [2.24, 2.45) is 12.0 Å². The lowest BCUT2D eigenvalue weighted by molar-refractivity contribution is 0.0992. The van der Waals surface area contributed by atoms with Crippen molar-refractivity contribution in [3.8, 4) is 5.75 Å². The minimum Gasteiger partial charge on any atom is -0.495 e. The first-order chi connectivity index (χ1) is 11.5. The molecule has 24 heavy (non-hydrogen) atoms. The van der Waals surface area contributed by atoms with Gasteiger partial charge in [-0.05, 0) is 38.5 Å². The van der Waals surface area contributed by atoms with Crippen LogP contribution in [0.3, 0.4) is 0 Å². The smallest absolute Gasteiger partial charge is 0.300 e. The second-order valence-electron chi connectivity index (χ2n) is 5.61. The Bertz CT molecular complexity index is 994. The average molecular weight is 344 g/mol. The summed E-state index contributed by atoms with van der Waals surface area (Å²) in [6, 6.07) is 5.71. The van der Waals surface area contributed by atoms with Gasteiger partial charge in [0.2, 0.25) is 0 Å². The highest BCUT2D eigenvalue weighted by Gasteiger charge is 2.14. The van der Waals surface area contributed by atoms with E-state index in [2.05, 4.69) is 10.1 Å². The second-order valence-corrected chi connectivity index (χ2v) is 6.59. The van der Waals surface area contributed by atoms with Crippen molar-refractivity contribution in [2.75, 3.05) is 7.11 Å². The van der Waals surface area contributed by atoms with E-state index in [1.54, 1.807) is 17.9 Å². The normalized spacial score (nSPS) is 12.1. The molecule has 0 aliphatic rings. The molecule has 6 nitrogen and oxygen atoms in total. The van der Waals surface area contributed by atoms with Gasteiger partial charge >= 0.3 is 0 Å². The molecule has 0 saturated carbocycles. The summed E-state index contributed by atoms with van der Waals surface area (Å²) in [4.78, 5) is 17.4. The number of aromatic nitrogens is 3. The number of carbonyl (C=O) groups excluding carboxylic acids is 1. The number of ether oxygens (including phenoxy) is 1. The first kappa shape index (κ1) is 16.4. The Labute approximate surface area is 144 Å². The number of carbonyl (C=O) groups is 1. The fourth-order valence-electron chi connectivity index (χ4n) is 2.70. The van der Waals surface area contributed by atoms with E-state index >= 15 is 0 Å². The number of fused-ring (bicyclic) bond motifs is 1. The molecular weight excluding hydrogens is 324 g/mol. The summed E-state index contributed by atoms with van der Waals surface area (Å²) in [5, 5.41) is 4.30. The zero-order valence-electron chi connectivity index (χ0n) is 14.5. The number of hydrogen-bond acceptors (Lipinski definition) is 4. The SMILES string of the molecule is CCn1nc(C(=O)N=c2sc3c(C)ccc(OC)c3n2C)cc1C. The first-order valence-corrected chi connectivity index (χ1v) is 8.54. The van der Waals surface area contributed by atoms with Gasteiger partial charge in [0.1, 0.15) is 11.3 Å². The first-order valence-electron chi connectivity index (χ1n) is 7.72. The maximum atomic E-state index is 12.5. The minimum atomic E-state index is -0.330. The molecule has 126 valence electrons. The summed E-state index contributed by atoms with van der Waals surface area (Å²) < 4.78 is 10.2. The van der Waals surface area contributed by atoms with Crippen LogP contribution in [-0.4, -0.2) is 27.4 Å². The van der Waals surface area contributed by atoms with E-state index in [1.807, 2.05) is 44.5 Å². The molecular formula is C17H20N4O2S. The van der Waals surface area contributed by atoms with Gasteiger partial charge in [-0.25, -0.2) is 0 Å². The predicted molar refractivity (Wildman–Crippen MR) is 94.6 cm³/mol. The van der Waals surface area contributed by atoms with Gasteiger partial charge in [0.05, 0.1) is 11.8 Å². The second kappa shape index (κ2) is 6.24. The maximum Gasteiger partial charge on any atom is 0.300 e. The summed E-state index contributed by atoms with van der Waals surface area (Å²) in [7, 11) is 3.53. The van der Waals surface area contributed by atoms with Gasteiger partial charge in [0, 0.05) is 19.3 Å². The molecule has 3 rings (SSSR count). The Morgan fingerprint density at radius 3 is 2.75 bits per heavy atom. The van der Waals surface area contributed by atoms with Crippen molar-refractivity contribution in [1.29, 1.82) is 0 Å². The van der Waals surface area contributed by atoms with E-state index in [0.717, 1.165) is 33.8 Å². The topological polar surface area (TPSA) is 61.4 Å². The molecule has 2 aromatic heterocycles. The van der Waals surface area contributed by atoms with Crippen LogP contribution >= 0.6 is 11.3 Å². The molecule has 0 bridgehead atoms. The van der Waals surface area contributed by atoms with E-state index in [4.69, 9.17) is 4.74 Å². The Kier molecular flexibility index (Phi) is 4.28. The quantitative estimate of drug-likeness (QED) is 0.734. The van der Waals surface area contributed by atoms with Crippen LogP contribution in [0.15, 0.2) is 23.2 Å². The molecule has 0 atom stereocenters. The third-order valence-electron chi connectivity index (χ3n) is 4.02. The Morgan fingerprint density at radius 1 is 1.38 bits per heavy atom. The van der Waals surface area contributed by atoms with Crippen LogP contribution < -0.4 is 9.54 Å². The summed E-state index contributed by atoms with van der Waals surface area (Å²) in [5.41, 5.74) is 3.40. The van der Waals surface area contributed by atoms with Gasteiger partial charge in [-0.1, -0.05) is 17.4 Å². The fraction of sp³-hybridized carbons (Fsp3) is 0.353. The molecule has 0 N–H and O–H groups in total. The zero-order valence-corrected chi connectivity index (χ0v) is 15.3. The third-order valence-corrected chi connectivity index (χ3v) is 5.29. The number of rotatable bonds is 3. The summed E-state index contributed by atoms with van der Waals surface area (Å²) >= 11 is 1.48. The standard InChI is InChI=1S/C17H20N4O2S/c1-6-21-11(3)9-12(19-21)16(22)18-17-20(4)14-13(23-5)8-7-10(2)15(14)24-17/h7-9H,6H2,1-5H3. The Hall–Kier alpha value is -2.41. The fourth-order valence-corrected chi connectivity index (χ4v) is 3.80. The van der Waals surface area contributed by atoms with Crippen LogP contribution in [0.1, 0.15) is 28.7 Å². The van der Waals surface area contributed by atoms with E-state index in [1.165, 1.54) is 11.3 Å². The van der Waals surface area contributed by atoms with Crippen LogP contribution in [0.4, 0.5) is 0 Å². The van der Waals surface area contributed by atoms with Crippen LogP contribution in [0.2, 0.25) is 0 Å². The monoisotopic (exact) mass is 344 g/mol. The van der Waals surface area contributed by atoms with Crippen molar-refractivity contribution in [3.05, 3.63) is 40.0 Å². The van der Waals surface area contributed by atoms with Crippen LogP contribution in [0.25, 0.3) is 10.2 Å². The number of nitrogens with zero attached hydrogens (tertiary/aromatic N) is 4. The number of benzene rings is 1.